The predicted octanol–water partition coefficient (Wildman–Crippen LogP) is 1.52. The number of aliphatic hydroxyl groups excluding tert-OH is 1. The zero-order chi connectivity index (χ0) is 22.6. The molecule has 0 bridgehead atoms. The van der Waals surface area contributed by atoms with Crippen LogP contribution in [0.3, 0.4) is 0 Å². The van der Waals surface area contributed by atoms with Crippen molar-refractivity contribution in [2.75, 3.05) is 19.7 Å². The third-order valence-electron chi connectivity index (χ3n) is 3.84. The van der Waals surface area contributed by atoms with E-state index in [-0.39, 0.29) is 35.9 Å². The number of carbonyl (C=O) groups excluding carboxylic acids is 1. The van der Waals surface area contributed by atoms with Crippen LogP contribution in [0.2, 0.25) is 0 Å². The van der Waals surface area contributed by atoms with E-state index in [9.17, 15) is 21.6 Å². The average Bonchev–Trinajstić information content (AvgIpc) is 2.69. The third-order valence-corrected chi connectivity index (χ3v) is 6.80. The van der Waals surface area contributed by atoms with Crippen LogP contribution in [0.4, 0.5) is 0 Å². The van der Waals surface area contributed by atoms with Crippen molar-refractivity contribution in [1.82, 2.24) is 9.44 Å². The lowest BCUT2D eigenvalue weighted by Gasteiger charge is -2.05. The molecule has 0 aliphatic heterocycles. The summed E-state index contributed by atoms with van der Waals surface area (Å²) in [5, 5.41) is 8.54. The Kier molecular flexibility index (Phi) is 10.8. The number of sulfonamides is 2. The highest BCUT2D eigenvalue weighted by Gasteiger charge is 2.12. The van der Waals surface area contributed by atoms with Crippen molar-refractivity contribution in [3.05, 3.63) is 59.7 Å². The van der Waals surface area contributed by atoms with E-state index >= 15 is 0 Å². The van der Waals surface area contributed by atoms with Crippen LogP contribution in [-0.4, -0.2) is 47.9 Å². The highest BCUT2D eigenvalue weighted by molar-refractivity contribution is 7.89. The van der Waals surface area contributed by atoms with E-state index in [0.29, 0.717) is 12.7 Å². The minimum absolute atomic E-state index is 0.0174. The van der Waals surface area contributed by atoms with Crippen LogP contribution in [0, 0.1) is 13.8 Å². The van der Waals surface area contributed by atoms with Crippen molar-refractivity contribution in [1.29, 1.82) is 0 Å². The second kappa shape index (κ2) is 12.6. The Hall–Kier alpha value is -2.11. The molecule has 2 rings (SSSR count). The van der Waals surface area contributed by atoms with Crippen LogP contribution in [0.15, 0.2) is 58.3 Å². The molecule has 10 heteroatoms. The molecule has 0 aromatic heterocycles. The molecule has 0 aliphatic rings. The summed E-state index contributed by atoms with van der Waals surface area (Å²) in [7, 11) is -6.87. The number of aliphatic hydroxyl groups is 1. The smallest absolute Gasteiger partial charge is 0.240 e. The van der Waals surface area contributed by atoms with Gasteiger partial charge in [0.05, 0.1) is 9.79 Å². The third kappa shape index (κ3) is 9.14. The van der Waals surface area contributed by atoms with Crippen LogP contribution in [0.5, 0.6) is 0 Å². The van der Waals surface area contributed by atoms with Crippen LogP contribution < -0.4 is 9.44 Å². The fraction of sp³-hybridized carbons (Fsp3) is 0.350. The molecule has 0 fully saturated rings. The molecule has 30 heavy (non-hydrogen) atoms. The van der Waals surface area contributed by atoms with E-state index in [1.807, 2.05) is 13.8 Å². The van der Waals surface area contributed by atoms with Gasteiger partial charge < -0.3 is 9.90 Å². The van der Waals surface area contributed by atoms with Gasteiger partial charge in [0, 0.05) is 26.1 Å². The van der Waals surface area contributed by atoms with Crippen LogP contribution in [-0.2, 0) is 24.8 Å². The van der Waals surface area contributed by atoms with E-state index in [2.05, 4.69) is 9.44 Å². The lowest BCUT2D eigenvalue weighted by Crippen LogP contribution is -2.25. The molecule has 166 valence electrons. The Bertz CT molecular complexity index is 987. The van der Waals surface area contributed by atoms with E-state index in [1.54, 1.807) is 48.5 Å². The second-order valence-electron chi connectivity index (χ2n) is 6.45. The van der Waals surface area contributed by atoms with Gasteiger partial charge >= 0.3 is 0 Å². The summed E-state index contributed by atoms with van der Waals surface area (Å²) < 4.78 is 51.2. The van der Waals surface area contributed by atoms with Crippen molar-refractivity contribution in [3.8, 4) is 0 Å². The summed E-state index contributed by atoms with van der Waals surface area (Å²) in [6.45, 7) is 4.16. The maximum atomic E-state index is 11.6. The monoisotopic (exact) mass is 456 g/mol. The van der Waals surface area contributed by atoms with Crippen molar-refractivity contribution in [2.24, 2.45) is 0 Å². The quantitative estimate of drug-likeness (QED) is 0.367. The molecular formula is C20H28N2O6S2. The van der Waals surface area contributed by atoms with Gasteiger partial charge in [-0.1, -0.05) is 35.4 Å². The first-order valence-electron chi connectivity index (χ1n) is 9.29. The molecule has 3 N–H and O–H groups in total. The fourth-order valence-electron chi connectivity index (χ4n) is 2.14. The maximum Gasteiger partial charge on any atom is 0.240 e. The van der Waals surface area contributed by atoms with Crippen molar-refractivity contribution < 1.29 is 26.7 Å². The number of benzene rings is 2. The highest BCUT2D eigenvalue weighted by atomic mass is 32.2. The number of aldehydes is 1. The number of rotatable bonds is 10. The molecule has 0 unspecified atom stereocenters. The molecule has 0 amide bonds. The van der Waals surface area contributed by atoms with Gasteiger partial charge in [-0.15, -0.1) is 0 Å². The second-order valence-corrected chi connectivity index (χ2v) is 9.99. The number of aryl methyl sites for hydroxylation is 2. The molecular weight excluding hydrogens is 428 g/mol. The van der Waals surface area contributed by atoms with Gasteiger partial charge in [-0.05, 0) is 44.5 Å². The molecule has 8 nitrogen and oxygen atoms in total. The summed E-state index contributed by atoms with van der Waals surface area (Å²) in [4.78, 5) is 10.5. The van der Waals surface area contributed by atoms with Crippen molar-refractivity contribution in [2.45, 2.75) is 36.5 Å². The van der Waals surface area contributed by atoms with Crippen molar-refractivity contribution in [3.63, 3.8) is 0 Å². The largest absolute Gasteiger partial charge is 0.396 e. The molecule has 0 aliphatic carbocycles. The van der Waals surface area contributed by atoms with Gasteiger partial charge in [-0.3, -0.25) is 0 Å². The Morgan fingerprint density at radius 2 is 1.17 bits per heavy atom. The Balaban J connectivity index is 0.000000300. The molecule has 0 atom stereocenters. The molecule has 2 aromatic rings. The van der Waals surface area contributed by atoms with E-state index in [4.69, 9.17) is 5.11 Å². The minimum Gasteiger partial charge on any atom is -0.396 e. The number of nitrogens with one attached hydrogen (secondary N) is 2. The zero-order valence-electron chi connectivity index (χ0n) is 17.0. The number of hydrogen-bond donors (Lipinski definition) is 3. The highest BCUT2D eigenvalue weighted by Crippen LogP contribution is 2.10. The Labute approximate surface area is 178 Å². The van der Waals surface area contributed by atoms with Gasteiger partial charge in [-0.25, -0.2) is 26.3 Å². The summed E-state index contributed by atoms with van der Waals surface area (Å²) in [5.41, 5.74) is 2.02. The van der Waals surface area contributed by atoms with Gasteiger partial charge in [0.1, 0.15) is 6.29 Å². The molecule has 2 aromatic carbocycles. The topological polar surface area (TPSA) is 130 Å². The predicted molar refractivity (Wildman–Crippen MR) is 115 cm³/mol. The van der Waals surface area contributed by atoms with E-state index in [1.165, 1.54) is 0 Å². The fourth-order valence-corrected chi connectivity index (χ4v) is 4.26. The zero-order valence-corrected chi connectivity index (χ0v) is 18.7. The minimum atomic E-state index is -3.46. The lowest BCUT2D eigenvalue weighted by molar-refractivity contribution is -0.107. The Morgan fingerprint density at radius 3 is 1.53 bits per heavy atom. The normalized spacial score (nSPS) is 11.4. The summed E-state index contributed by atoms with van der Waals surface area (Å²) in [6.07, 6.45) is 1.29. The lowest BCUT2D eigenvalue weighted by atomic mass is 10.2. The van der Waals surface area contributed by atoms with Gasteiger partial charge in [0.15, 0.2) is 0 Å². The molecule has 0 saturated carbocycles. The molecule has 0 spiro atoms. The standard InChI is InChI=1S/C10H15NO3S.C10H13NO3S/c2*1-9-3-5-10(6-4-9)15(13,14)11-7-2-8-12/h3-6,11-12H,2,7-8H2,1H3;3-6,8,11H,2,7H2,1H3. The SMILES string of the molecule is Cc1ccc(S(=O)(=O)NCCC=O)cc1.Cc1ccc(S(=O)(=O)NCCCO)cc1. The van der Waals surface area contributed by atoms with Gasteiger partial charge in [0.25, 0.3) is 0 Å². The number of carbonyl (C=O) groups is 1. The van der Waals surface area contributed by atoms with Crippen LogP contribution in [0.1, 0.15) is 24.0 Å². The van der Waals surface area contributed by atoms with E-state index < -0.39 is 20.0 Å². The molecule has 0 saturated heterocycles. The summed E-state index contributed by atoms with van der Waals surface area (Å²) in [5.74, 6) is 0. The molecule has 0 heterocycles. The first kappa shape index (κ1) is 25.9. The van der Waals surface area contributed by atoms with E-state index in [0.717, 1.165) is 11.1 Å². The maximum absolute atomic E-state index is 11.6. The van der Waals surface area contributed by atoms with Gasteiger partial charge in [-0.2, -0.15) is 0 Å². The number of hydrogen-bond acceptors (Lipinski definition) is 6. The molecule has 0 radical (unpaired) electrons. The van der Waals surface area contributed by atoms with Gasteiger partial charge in [0.2, 0.25) is 20.0 Å². The summed E-state index contributed by atoms with van der Waals surface area (Å²) in [6, 6.07) is 13.2. The van der Waals surface area contributed by atoms with Crippen LogP contribution in [0.25, 0.3) is 0 Å². The van der Waals surface area contributed by atoms with Crippen LogP contribution >= 0.6 is 0 Å². The first-order valence-corrected chi connectivity index (χ1v) is 12.3. The van der Waals surface area contributed by atoms with Crippen molar-refractivity contribution >= 4 is 26.3 Å². The summed E-state index contributed by atoms with van der Waals surface area (Å²) >= 11 is 0. The first-order chi connectivity index (χ1) is 14.1. The Morgan fingerprint density at radius 1 is 0.767 bits per heavy atom. The average molecular weight is 457 g/mol.